The van der Waals surface area contributed by atoms with E-state index in [4.69, 9.17) is 5.73 Å². The average molecular weight is 250 g/mol. The number of anilines is 2. The van der Waals surface area contributed by atoms with E-state index in [0.29, 0.717) is 12.1 Å². The van der Waals surface area contributed by atoms with E-state index in [2.05, 4.69) is 24.1 Å². The Kier molecular flexibility index (Phi) is 3.38. The Hall–Kier alpha value is -1.82. The zero-order valence-corrected chi connectivity index (χ0v) is 10.6. The highest BCUT2D eigenvalue weighted by molar-refractivity contribution is 5.66. The predicted octanol–water partition coefficient (Wildman–Crippen LogP) is 1.36. The topological polar surface area (TPSA) is 84.4 Å². The molecule has 1 aliphatic rings. The molecule has 18 heavy (non-hydrogen) atoms. The second-order valence-electron chi connectivity index (χ2n) is 4.87. The Morgan fingerprint density at radius 3 is 2.50 bits per heavy atom. The molecule has 0 bridgehead atoms. The molecule has 0 radical (unpaired) electrons. The van der Waals surface area contributed by atoms with Gasteiger partial charge >= 0.3 is 0 Å². The van der Waals surface area contributed by atoms with Gasteiger partial charge in [-0.1, -0.05) is 0 Å². The molecule has 0 aromatic heterocycles. The Balaban J connectivity index is 2.23. The van der Waals surface area contributed by atoms with Crippen LogP contribution >= 0.6 is 0 Å². The van der Waals surface area contributed by atoms with Crippen molar-refractivity contribution in [2.45, 2.75) is 25.9 Å². The summed E-state index contributed by atoms with van der Waals surface area (Å²) in [6.07, 6.45) is 0. The molecule has 6 nitrogen and oxygen atoms in total. The largest absolute Gasteiger partial charge is 0.393 e. The molecular weight excluding hydrogens is 232 g/mol. The summed E-state index contributed by atoms with van der Waals surface area (Å²) in [5.41, 5.74) is 6.84. The molecule has 0 spiro atoms. The van der Waals surface area contributed by atoms with Gasteiger partial charge in [-0.15, -0.1) is 0 Å². The molecule has 6 heteroatoms. The fourth-order valence-electron chi connectivity index (χ4n) is 2.44. The van der Waals surface area contributed by atoms with Gasteiger partial charge in [0.1, 0.15) is 5.69 Å². The summed E-state index contributed by atoms with van der Waals surface area (Å²) in [5, 5.41) is 14.2. The van der Waals surface area contributed by atoms with Crippen LogP contribution in [-0.4, -0.2) is 30.1 Å². The number of nitrogens with zero attached hydrogens (tertiary/aromatic N) is 2. The van der Waals surface area contributed by atoms with Gasteiger partial charge in [-0.25, -0.2) is 0 Å². The van der Waals surface area contributed by atoms with Crippen LogP contribution in [0.3, 0.4) is 0 Å². The molecule has 1 heterocycles. The highest BCUT2D eigenvalue weighted by atomic mass is 16.6. The standard InChI is InChI=1S/C12H18N4O2/c1-8-6-15(7-9(2)14-8)10-3-4-12(16(17)18)11(13)5-10/h3-5,8-9,14H,6-7,13H2,1-2H3/t8-,9-/m0/s1. The van der Waals surface area contributed by atoms with E-state index in [-0.39, 0.29) is 11.4 Å². The number of hydrogen-bond donors (Lipinski definition) is 2. The fraction of sp³-hybridized carbons (Fsp3) is 0.500. The lowest BCUT2D eigenvalue weighted by molar-refractivity contribution is -0.383. The summed E-state index contributed by atoms with van der Waals surface area (Å²) in [5.74, 6) is 0. The van der Waals surface area contributed by atoms with E-state index in [0.717, 1.165) is 18.8 Å². The summed E-state index contributed by atoms with van der Waals surface area (Å²) >= 11 is 0. The van der Waals surface area contributed by atoms with Crippen molar-refractivity contribution in [3.63, 3.8) is 0 Å². The van der Waals surface area contributed by atoms with Crippen molar-refractivity contribution in [2.24, 2.45) is 0 Å². The Bertz CT molecular complexity index is 453. The summed E-state index contributed by atoms with van der Waals surface area (Å²) < 4.78 is 0. The molecule has 1 saturated heterocycles. The van der Waals surface area contributed by atoms with Crippen molar-refractivity contribution >= 4 is 17.1 Å². The van der Waals surface area contributed by atoms with Crippen LogP contribution < -0.4 is 16.0 Å². The third-order valence-corrected chi connectivity index (χ3v) is 3.13. The fourth-order valence-corrected chi connectivity index (χ4v) is 2.44. The molecule has 0 aliphatic carbocycles. The van der Waals surface area contributed by atoms with E-state index in [9.17, 15) is 10.1 Å². The highest BCUT2D eigenvalue weighted by Crippen LogP contribution is 2.27. The number of nitro benzene ring substituents is 1. The second-order valence-corrected chi connectivity index (χ2v) is 4.87. The zero-order valence-electron chi connectivity index (χ0n) is 10.6. The van der Waals surface area contributed by atoms with Gasteiger partial charge in [0.15, 0.2) is 0 Å². The Morgan fingerprint density at radius 1 is 1.39 bits per heavy atom. The third kappa shape index (κ3) is 2.53. The normalized spacial score (nSPS) is 24.0. The molecule has 3 N–H and O–H groups in total. The van der Waals surface area contributed by atoms with Gasteiger partial charge in [0.2, 0.25) is 0 Å². The Morgan fingerprint density at radius 2 is 2.00 bits per heavy atom. The minimum absolute atomic E-state index is 0.0324. The molecule has 2 atom stereocenters. The quantitative estimate of drug-likeness (QED) is 0.470. The summed E-state index contributed by atoms with van der Waals surface area (Å²) in [7, 11) is 0. The van der Waals surface area contributed by atoms with E-state index in [1.165, 1.54) is 6.07 Å². The van der Waals surface area contributed by atoms with Crippen LogP contribution in [0.1, 0.15) is 13.8 Å². The first-order chi connectivity index (χ1) is 8.47. The van der Waals surface area contributed by atoms with Crippen LogP contribution in [0.4, 0.5) is 17.1 Å². The van der Waals surface area contributed by atoms with Crippen LogP contribution in [0.5, 0.6) is 0 Å². The molecule has 98 valence electrons. The molecule has 0 saturated carbocycles. The SMILES string of the molecule is C[C@H]1CN(c2ccc([N+](=O)[O-])c(N)c2)C[C@H](C)N1. The van der Waals surface area contributed by atoms with Crippen molar-refractivity contribution in [1.29, 1.82) is 0 Å². The van der Waals surface area contributed by atoms with Crippen LogP contribution in [-0.2, 0) is 0 Å². The van der Waals surface area contributed by atoms with Crippen LogP contribution in [0.2, 0.25) is 0 Å². The minimum Gasteiger partial charge on any atom is -0.393 e. The maximum Gasteiger partial charge on any atom is 0.292 e. The molecule has 1 fully saturated rings. The number of nitrogen functional groups attached to an aromatic ring is 1. The number of nitrogens with one attached hydrogen (secondary N) is 1. The van der Waals surface area contributed by atoms with Crippen LogP contribution in [0.25, 0.3) is 0 Å². The predicted molar refractivity (Wildman–Crippen MR) is 71.8 cm³/mol. The molecule has 0 amide bonds. The molecule has 2 rings (SSSR count). The lowest BCUT2D eigenvalue weighted by atomic mass is 10.1. The maximum absolute atomic E-state index is 10.7. The lowest BCUT2D eigenvalue weighted by Crippen LogP contribution is -2.54. The van der Waals surface area contributed by atoms with Crippen molar-refractivity contribution < 1.29 is 4.92 Å². The smallest absolute Gasteiger partial charge is 0.292 e. The first kappa shape index (κ1) is 12.6. The molecule has 1 aliphatic heterocycles. The monoisotopic (exact) mass is 250 g/mol. The average Bonchev–Trinajstić information content (AvgIpc) is 2.26. The van der Waals surface area contributed by atoms with Gasteiger partial charge in [0, 0.05) is 36.9 Å². The van der Waals surface area contributed by atoms with Crippen molar-refractivity contribution in [3.05, 3.63) is 28.3 Å². The first-order valence-electron chi connectivity index (χ1n) is 6.02. The lowest BCUT2D eigenvalue weighted by Gasteiger charge is -2.37. The van der Waals surface area contributed by atoms with Crippen LogP contribution in [0.15, 0.2) is 18.2 Å². The van der Waals surface area contributed by atoms with E-state index in [1.54, 1.807) is 12.1 Å². The molecule has 0 unspecified atom stereocenters. The van der Waals surface area contributed by atoms with Crippen molar-refractivity contribution in [3.8, 4) is 0 Å². The van der Waals surface area contributed by atoms with Gasteiger partial charge in [-0.2, -0.15) is 0 Å². The maximum atomic E-state index is 10.7. The summed E-state index contributed by atoms with van der Waals surface area (Å²) in [4.78, 5) is 12.5. The third-order valence-electron chi connectivity index (χ3n) is 3.13. The summed E-state index contributed by atoms with van der Waals surface area (Å²) in [6.45, 7) is 6.00. The van der Waals surface area contributed by atoms with Gasteiger partial charge in [0.25, 0.3) is 5.69 Å². The highest BCUT2D eigenvalue weighted by Gasteiger charge is 2.22. The van der Waals surface area contributed by atoms with Crippen molar-refractivity contribution in [1.82, 2.24) is 5.32 Å². The summed E-state index contributed by atoms with van der Waals surface area (Å²) in [6, 6.07) is 5.71. The van der Waals surface area contributed by atoms with E-state index >= 15 is 0 Å². The molecule has 1 aromatic carbocycles. The van der Waals surface area contributed by atoms with Crippen molar-refractivity contribution in [2.75, 3.05) is 23.7 Å². The number of hydrogen-bond acceptors (Lipinski definition) is 5. The number of rotatable bonds is 2. The number of nitrogens with two attached hydrogens (primary N) is 1. The van der Waals surface area contributed by atoms with Gasteiger partial charge in [-0.05, 0) is 26.0 Å². The number of nitro groups is 1. The van der Waals surface area contributed by atoms with E-state index < -0.39 is 4.92 Å². The number of piperazine rings is 1. The second kappa shape index (κ2) is 4.81. The van der Waals surface area contributed by atoms with Gasteiger partial charge in [-0.3, -0.25) is 10.1 Å². The minimum atomic E-state index is -0.456. The Labute approximate surface area is 106 Å². The van der Waals surface area contributed by atoms with Gasteiger partial charge in [0.05, 0.1) is 4.92 Å². The van der Waals surface area contributed by atoms with E-state index in [1.807, 2.05) is 0 Å². The molecular formula is C12H18N4O2. The first-order valence-corrected chi connectivity index (χ1v) is 6.02. The number of benzene rings is 1. The zero-order chi connectivity index (χ0) is 13.3. The van der Waals surface area contributed by atoms with Crippen LogP contribution in [0, 0.1) is 10.1 Å². The molecule has 1 aromatic rings. The van der Waals surface area contributed by atoms with Gasteiger partial charge < -0.3 is 16.0 Å².